The van der Waals surface area contributed by atoms with Crippen LogP contribution < -0.4 is 0 Å². The van der Waals surface area contributed by atoms with E-state index in [4.69, 9.17) is 0 Å². The van der Waals surface area contributed by atoms with Crippen molar-refractivity contribution in [2.75, 3.05) is 0 Å². The number of aryl methyl sites for hydroxylation is 1. The molecule has 0 fully saturated rings. The minimum absolute atomic E-state index is 0.00277. The molecular formula is C19H22O2S. The summed E-state index contributed by atoms with van der Waals surface area (Å²) in [5, 5.41) is 21.6. The van der Waals surface area contributed by atoms with E-state index in [0.717, 1.165) is 28.0 Å². The van der Waals surface area contributed by atoms with Gasteiger partial charge in [0.15, 0.2) is 0 Å². The van der Waals surface area contributed by atoms with Gasteiger partial charge in [0.25, 0.3) is 0 Å². The number of rotatable bonds is 4. The van der Waals surface area contributed by atoms with Gasteiger partial charge >= 0.3 is 0 Å². The average molecular weight is 314 g/mol. The maximum atomic E-state index is 10.9. The Morgan fingerprint density at radius 3 is 2.45 bits per heavy atom. The summed E-state index contributed by atoms with van der Waals surface area (Å²) in [6.45, 7) is 4.11. The molecule has 0 saturated heterocycles. The molecule has 1 heterocycles. The van der Waals surface area contributed by atoms with Gasteiger partial charge in [-0.05, 0) is 36.1 Å². The molecule has 0 saturated carbocycles. The number of benzene rings is 2. The molecule has 3 heteroatoms. The first-order chi connectivity index (χ1) is 10.6. The summed E-state index contributed by atoms with van der Waals surface area (Å²) in [7, 11) is 0. The van der Waals surface area contributed by atoms with Gasteiger partial charge in [-0.1, -0.05) is 49.4 Å². The zero-order valence-electron chi connectivity index (χ0n) is 12.9. The van der Waals surface area contributed by atoms with E-state index in [0.29, 0.717) is 0 Å². The number of hydrogen-bond acceptors (Lipinski definition) is 3. The predicted molar refractivity (Wildman–Crippen MR) is 91.0 cm³/mol. The maximum Gasteiger partial charge on any atom is 0.0926 e. The zero-order valence-corrected chi connectivity index (χ0v) is 13.8. The van der Waals surface area contributed by atoms with E-state index >= 15 is 0 Å². The van der Waals surface area contributed by atoms with Gasteiger partial charge in [-0.15, -0.1) is 11.8 Å². The van der Waals surface area contributed by atoms with Gasteiger partial charge in [-0.3, -0.25) is 0 Å². The van der Waals surface area contributed by atoms with Crippen molar-refractivity contribution < 1.29 is 10.2 Å². The van der Waals surface area contributed by atoms with Crippen LogP contribution in [-0.4, -0.2) is 15.5 Å². The second-order valence-electron chi connectivity index (χ2n) is 5.94. The van der Waals surface area contributed by atoms with Crippen LogP contribution in [0.1, 0.15) is 42.2 Å². The van der Waals surface area contributed by atoms with E-state index in [1.165, 1.54) is 0 Å². The van der Waals surface area contributed by atoms with Crippen LogP contribution in [0.3, 0.4) is 0 Å². The van der Waals surface area contributed by atoms with Crippen molar-refractivity contribution in [1.29, 1.82) is 0 Å². The number of hydrogen-bond donors (Lipinski definition) is 2. The standard InChI is InChI=1S/C19H22O2S/c1-3-13(17(20)14-9-5-4-8-12(14)2)19-18(21)15-10-6-7-11-16(15)22-19/h4-11,13,17-21H,3H2,1-2H3. The number of fused-ring (bicyclic) bond motifs is 1. The van der Waals surface area contributed by atoms with Crippen molar-refractivity contribution in [3.8, 4) is 0 Å². The third-order valence-corrected chi connectivity index (χ3v) is 6.12. The summed E-state index contributed by atoms with van der Waals surface area (Å²) in [6.07, 6.45) is -0.226. The molecule has 0 aliphatic carbocycles. The smallest absolute Gasteiger partial charge is 0.0926 e. The summed E-state index contributed by atoms with van der Waals surface area (Å²) in [6, 6.07) is 16.0. The fraction of sp³-hybridized carbons (Fsp3) is 0.368. The van der Waals surface area contributed by atoms with Gasteiger partial charge in [0.2, 0.25) is 0 Å². The third-order valence-electron chi connectivity index (χ3n) is 4.62. The molecule has 0 amide bonds. The Kier molecular flexibility index (Phi) is 4.57. The Bertz CT molecular complexity index is 655. The molecule has 0 bridgehead atoms. The van der Waals surface area contributed by atoms with Crippen LogP contribution in [0.4, 0.5) is 0 Å². The summed E-state index contributed by atoms with van der Waals surface area (Å²) in [5.74, 6) is 0.0218. The van der Waals surface area contributed by atoms with Crippen LogP contribution >= 0.6 is 11.8 Å². The lowest BCUT2D eigenvalue weighted by molar-refractivity contribution is 0.0660. The van der Waals surface area contributed by atoms with E-state index in [2.05, 4.69) is 13.0 Å². The minimum Gasteiger partial charge on any atom is -0.388 e. The lowest BCUT2D eigenvalue weighted by Gasteiger charge is -2.30. The van der Waals surface area contributed by atoms with Gasteiger partial charge in [0.05, 0.1) is 12.2 Å². The van der Waals surface area contributed by atoms with Gasteiger partial charge < -0.3 is 10.2 Å². The monoisotopic (exact) mass is 314 g/mol. The first-order valence-corrected chi connectivity index (χ1v) is 8.68. The summed E-state index contributed by atoms with van der Waals surface area (Å²) < 4.78 is 0. The summed E-state index contributed by atoms with van der Waals surface area (Å²) >= 11 is 1.70. The minimum atomic E-state index is -0.548. The van der Waals surface area contributed by atoms with Crippen molar-refractivity contribution >= 4 is 11.8 Å². The molecule has 1 aliphatic heterocycles. The Balaban J connectivity index is 1.88. The SMILES string of the molecule is CCC(C(O)c1ccccc1C)C1Sc2ccccc2C1O. The Labute approximate surface area is 136 Å². The number of aliphatic hydroxyl groups is 2. The Hall–Kier alpha value is -1.29. The topological polar surface area (TPSA) is 40.5 Å². The van der Waals surface area contributed by atoms with E-state index in [1.807, 2.05) is 49.4 Å². The molecule has 2 N–H and O–H groups in total. The first-order valence-electron chi connectivity index (χ1n) is 7.80. The van der Waals surface area contributed by atoms with Gasteiger partial charge in [-0.2, -0.15) is 0 Å². The molecule has 4 unspecified atom stereocenters. The highest BCUT2D eigenvalue weighted by atomic mass is 32.2. The molecule has 0 spiro atoms. The average Bonchev–Trinajstić information content (AvgIpc) is 2.86. The van der Waals surface area contributed by atoms with Crippen molar-refractivity contribution in [3.63, 3.8) is 0 Å². The van der Waals surface area contributed by atoms with Crippen LogP contribution in [0.5, 0.6) is 0 Å². The second-order valence-corrected chi connectivity index (χ2v) is 7.16. The molecular weight excluding hydrogens is 292 g/mol. The largest absolute Gasteiger partial charge is 0.388 e. The van der Waals surface area contributed by atoms with Crippen molar-refractivity contribution in [2.45, 2.75) is 42.6 Å². The molecule has 2 nitrogen and oxygen atoms in total. The van der Waals surface area contributed by atoms with Crippen molar-refractivity contribution in [3.05, 3.63) is 65.2 Å². The lowest BCUT2D eigenvalue weighted by atomic mass is 9.85. The van der Waals surface area contributed by atoms with E-state index in [1.54, 1.807) is 11.8 Å². The summed E-state index contributed by atoms with van der Waals surface area (Å²) in [5.41, 5.74) is 3.06. The van der Waals surface area contributed by atoms with Crippen LogP contribution in [0.25, 0.3) is 0 Å². The molecule has 116 valence electrons. The molecule has 0 aromatic heterocycles. The molecule has 4 atom stereocenters. The van der Waals surface area contributed by atoms with Crippen LogP contribution in [0.15, 0.2) is 53.4 Å². The highest BCUT2D eigenvalue weighted by Gasteiger charge is 2.39. The van der Waals surface area contributed by atoms with Gasteiger partial charge in [0, 0.05) is 16.1 Å². The van der Waals surface area contributed by atoms with E-state index in [9.17, 15) is 10.2 Å². The lowest BCUT2D eigenvalue weighted by Crippen LogP contribution is -2.27. The van der Waals surface area contributed by atoms with Gasteiger partial charge in [-0.25, -0.2) is 0 Å². The second kappa shape index (κ2) is 6.45. The normalized spacial score (nSPS) is 23.1. The number of thioether (sulfide) groups is 1. The highest BCUT2D eigenvalue weighted by Crippen LogP contribution is 2.50. The van der Waals surface area contributed by atoms with Crippen LogP contribution in [0.2, 0.25) is 0 Å². The maximum absolute atomic E-state index is 10.9. The van der Waals surface area contributed by atoms with E-state index in [-0.39, 0.29) is 11.2 Å². The molecule has 0 radical (unpaired) electrons. The zero-order chi connectivity index (χ0) is 15.7. The molecule has 3 rings (SSSR count). The van der Waals surface area contributed by atoms with Crippen LogP contribution in [0, 0.1) is 12.8 Å². The Morgan fingerprint density at radius 1 is 1.09 bits per heavy atom. The predicted octanol–water partition coefficient (Wildman–Crippen LogP) is 4.26. The fourth-order valence-electron chi connectivity index (χ4n) is 3.33. The molecule has 2 aromatic rings. The summed E-state index contributed by atoms with van der Waals surface area (Å²) in [4.78, 5) is 1.13. The highest BCUT2D eigenvalue weighted by molar-refractivity contribution is 8.00. The quantitative estimate of drug-likeness (QED) is 0.886. The Morgan fingerprint density at radius 2 is 1.77 bits per heavy atom. The van der Waals surface area contributed by atoms with Crippen LogP contribution in [-0.2, 0) is 0 Å². The van der Waals surface area contributed by atoms with Gasteiger partial charge in [0.1, 0.15) is 0 Å². The fourth-order valence-corrected chi connectivity index (χ4v) is 4.89. The first kappa shape index (κ1) is 15.6. The molecule has 2 aromatic carbocycles. The molecule has 1 aliphatic rings. The third kappa shape index (κ3) is 2.69. The van der Waals surface area contributed by atoms with E-state index < -0.39 is 12.2 Å². The molecule has 22 heavy (non-hydrogen) atoms. The van der Waals surface area contributed by atoms with Crippen molar-refractivity contribution in [2.24, 2.45) is 5.92 Å². The van der Waals surface area contributed by atoms with Crippen molar-refractivity contribution in [1.82, 2.24) is 0 Å². The number of aliphatic hydroxyl groups excluding tert-OH is 2.